The molecule has 0 aliphatic carbocycles. The van der Waals surface area contributed by atoms with Crippen LogP contribution < -0.4 is 5.32 Å². The second kappa shape index (κ2) is 7.41. The van der Waals surface area contributed by atoms with Crippen LogP contribution in [0.1, 0.15) is 39.1 Å². The lowest BCUT2D eigenvalue weighted by Gasteiger charge is -2.27. The molecule has 1 heterocycles. The number of aromatic nitrogens is 2. The zero-order valence-corrected chi connectivity index (χ0v) is 15.0. The van der Waals surface area contributed by atoms with E-state index in [9.17, 15) is 0 Å². The molecule has 1 rings (SSSR count). The van der Waals surface area contributed by atoms with Gasteiger partial charge in [0.05, 0.1) is 15.9 Å². The lowest BCUT2D eigenvalue weighted by Crippen LogP contribution is -2.34. The maximum Gasteiger partial charge on any atom is 0.0766 e. The van der Waals surface area contributed by atoms with Crippen molar-refractivity contribution in [3.05, 3.63) is 28.5 Å². The summed E-state index contributed by atoms with van der Waals surface area (Å²) in [4.78, 5) is 0. The largest absolute Gasteiger partial charge is 0.316 e. The fraction of sp³-hybridized carbons (Fsp3) is 0.688. The molecular weight excluding hydrogens is 314 g/mol. The van der Waals surface area contributed by atoms with Crippen LogP contribution in [0.2, 0.25) is 0 Å². The highest BCUT2D eigenvalue weighted by molar-refractivity contribution is 9.10. The van der Waals surface area contributed by atoms with Crippen molar-refractivity contribution in [2.24, 2.45) is 18.4 Å². The van der Waals surface area contributed by atoms with Crippen LogP contribution >= 0.6 is 15.9 Å². The molecule has 0 aromatic carbocycles. The van der Waals surface area contributed by atoms with Crippen molar-refractivity contribution in [2.75, 3.05) is 13.1 Å². The van der Waals surface area contributed by atoms with Crippen LogP contribution in [-0.2, 0) is 19.9 Å². The van der Waals surface area contributed by atoms with Crippen LogP contribution in [0.15, 0.2) is 17.1 Å². The fourth-order valence-electron chi connectivity index (χ4n) is 2.25. The van der Waals surface area contributed by atoms with Crippen molar-refractivity contribution in [3.63, 3.8) is 0 Å². The van der Waals surface area contributed by atoms with E-state index in [0.29, 0.717) is 5.92 Å². The molecule has 1 atom stereocenters. The van der Waals surface area contributed by atoms with Gasteiger partial charge in [0.1, 0.15) is 0 Å². The van der Waals surface area contributed by atoms with E-state index in [1.54, 1.807) is 0 Å². The molecule has 0 fully saturated rings. The SMILES string of the molecule is C=CC(C)(CNCC(C)C)Cc1c(Br)c(CC)nn1C. The average Bonchev–Trinajstić information content (AvgIpc) is 2.65. The van der Waals surface area contributed by atoms with Crippen LogP contribution in [0.25, 0.3) is 0 Å². The van der Waals surface area contributed by atoms with Gasteiger partial charge in [0.15, 0.2) is 0 Å². The molecule has 0 aliphatic heterocycles. The Morgan fingerprint density at radius 3 is 2.60 bits per heavy atom. The van der Waals surface area contributed by atoms with Gasteiger partial charge in [-0.2, -0.15) is 5.10 Å². The molecule has 1 aromatic heterocycles. The summed E-state index contributed by atoms with van der Waals surface area (Å²) < 4.78 is 3.15. The lowest BCUT2D eigenvalue weighted by molar-refractivity contribution is 0.369. The highest BCUT2D eigenvalue weighted by Crippen LogP contribution is 2.29. The van der Waals surface area contributed by atoms with Gasteiger partial charge in [-0.25, -0.2) is 0 Å². The van der Waals surface area contributed by atoms with E-state index < -0.39 is 0 Å². The van der Waals surface area contributed by atoms with Crippen LogP contribution in [-0.4, -0.2) is 22.9 Å². The highest BCUT2D eigenvalue weighted by Gasteiger charge is 2.25. The van der Waals surface area contributed by atoms with E-state index >= 15 is 0 Å². The Balaban J connectivity index is 2.82. The Kier molecular flexibility index (Phi) is 6.46. The standard InChI is InChI=1S/C16H28BrN3/c1-7-13-15(17)14(20(6)19-13)9-16(5,8-2)11-18-10-12(3)4/h8,12,18H,2,7,9-11H2,1,3-6H3. The maximum absolute atomic E-state index is 4.57. The summed E-state index contributed by atoms with van der Waals surface area (Å²) in [5, 5.41) is 8.11. The van der Waals surface area contributed by atoms with Gasteiger partial charge in [-0.1, -0.05) is 33.8 Å². The minimum Gasteiger partial charge on any atom is -0.316 e. The Hall–Kier alpha value is -0.610. The molecule has 0 radical (unpaired) electrons. The minimum absolute atomic E-state index is 0.0379. The molecule has 114 valence electrons. The summed E-state index contributed by atoms with van der Waals surface area (Å²) in [6.45, 7) is 14.8. The number of nitrogens with one attached hydrogen (secondary N) is 1. The second-order valence-electron chi connectivity index (χ2n) is 6.24. The molecule has 0 bridgehead atoms. The summed E-state index contributed by atoms with van der Waals surface area (Å²) in [5.74, 6) is 0.666. The third-order valence-electron chi connectivity index (χ3n) is 3.65. The Morgan fingerprint density at radius 1 is 1.50 bits per heavy atom. The van der Waals surface area contributed by atoms with Gasteiger partial charge in [0.25, 0.3) is 0 Å². The van der Waals surface area contributed by atoms with Crippen LogP contribution in [0, 0.1) is 11.3 Å². The normalized spacial score (nSPS) is 14.6. The number of aryl methyl sites for hydroxylation is 2. The van der Waals surface area contributed by atoms with Gasteiger partial charge in [0, 0.05) is 25.4 Å². The van der Waals surface area contributed by atoms with E-state index in [1.807, 2.05) is 11.7 Å². The molecule has 0 amide bonds. The Morgan fingerprint density at radius 2 is 2.15 bits per heavy atom. The van der Waals surface area contributed by atoms with Crippen molar-refractivity contribution in [1.82, 2.24) is 15.1 Å². The number of hydrogen-bond donors (Lipinski definition) is 1. The first-order chi connectivity index (χ1) is 9.33. The average molecular weight is 342 g/mol. The molecule has 0 aliphatic rings. The molecule has 3 nitrogen and oxygen atoms in total. The zero-order chi connectivity index (χ0) is 15.3. The Bertz CT molecular complexity index is 451. The molecule has 0 saturated carbocycles. The van der Waals surface area contributed by atoms with E-state index in [4.69, 9.17) is 0 Å². The van der Waals surface area contributed by atoms with Gasteiger partial charge in [-0.3, -0.25) is 4.68 Å². The van der Waals surface area contributed by atoms with Crippen molar-refractivity contribution in [3.8, 4) is 0 Å². The smallest absolute Gasteiger partial charge is 0.0766 e. The maximum atomic E-state index is 4.57. The zero-order valence-electron chi connectivity index (χ0n) is 13.5. The Labute approximate surface area is 132 Å². The third-order valence-corrected chi connectivity index (χ3v) is 4.56. The van der Waals surface area contributed by atoms with Crippen molar-refractivity contribution in [1.29, 1.82) is 0 Å². The summed E-state index contributed by atoms with van der Waals surface area (Å²) in [5.41, 5.74) is 2.41. The van der Waals surface area contributed by atoms with Gasteiger partial charge in [-0.05, 0) is 34.8 Å². The first kappa shape index (κ1) is 17.4. The monoisotopic (exact) mass is 341 g/mol. The molecule has 1 aromatic rings. The van der Waals surface area contributed by atoms with Gasteiger partial charge < -0.3 is 5.32 Å². The van der Waals surface area contributed by atoms with Crippen LogP contribution in [0.4, 0.5) is 0 Å². The quantitative estimate of drug-likeness (QED) is 0.730. The summed E-state index contributed by atoms with van der Waals surface area (Å²) >= 11 is 3.70. The van der Waals surface area contributed by atoms with E-state index in [1.165, 1.54) is 5.69 Å². The molecular formula is C16H28BrN3. The van der Waals surface area contributed by atoms with Crippen molar-refractivity contribution < 1.29 is 0 Å². The van der Waals surface area contributed by atoms with E-state index in [2.05, 4.69) is 66.7 Å². The summed E-state index contributed by atoms with van der Waals surface area (Å²) in [6, 6.07) is 0. The molecule has 1 N–H and O–H groups in total. The van der Waals surface area contributed by atoms with Crippen molar-refractivity contribution >= 4 is 15.9 Å². The summed E-state index contributed by atoms with van der Waals surface area (Å²) in [7, 11) is 2.02. The first-order valence-electron chi connectivity index (χ1n) is 7.37. The molecule has 1 unspecified atom stereocenters. The predicted molar refractivity (Wildman–Crippen MR) is 90.0 cm³/mol. The fourth-order valence-corrected chi connectivity index (χ4v) is 3.00. The van der Waals surface area contributed by atoms with Gasteiger partial charge in [0.2, 0.25) is 0 Å². The molecule has 20 heavy (non-hydrogen) atoms. The minimum atomic E-state index is 0.0379. The summed E-state index contributed by atoms with van der Waals surface area (Å²) in [6.07, 6.45) is 3.95. The number of nitrogens with zero attached hydrogens (tertiary/aromatic N) is 2. The molecule has 0 spiro atoms. The van der Waals surface area contributed by atoms with Gasteiger partial charge >= 0.3 is 0 Å². The first-order valence-corrected chi connectivity index (χ1v) is 8.16. The van der Waals surface area contributed by atoms with Crippen LogP contribution in [0.5, 0.6) is 0 Å². The van der Waals surface area contributed by atoms with E-state index in [0.717, 1.165) is 36.1 Å². The number of halogens is 1. The second-order valence-corrected chi connectivity index (χ2v) is 7.04. The lowest BCUT2D eigenvalue weighted by atomic mass is 9.85. The van der Waals surface area contributed by atoms with Crippen molar-refractivity contribution in [2.45, 2.75) is 40.5 Å². The van der Waals surface area contributed by atoms with Crippen LogP contribution in [0.3, 0.4) is 0 Å². The number of hydrogen-bond acceptors (Lipinski definition) is 2. The predicted octanol–water partition coefficient (Wildman–Crippen LogP) is 3.73. The molecule has 4 heteroatoms. The number of rotatable bonds is 8. The molecule has 0 saturated heterocycles. The highest BCUT2D eigenvalue weighted by atomic mass is 79.9. The third kappa shape index (κ3) is 4.45. The topological polar surface area (TPSA) is 29.9 Å². The van der Waals surface area contributed by atoms with Gasteiger partial charge in [-0.15, -0.1) is 6.58 Å². The van der Waals surface area contributed by atoms with E-state index in [-0.39, 0.29) is 5.41 Å².